The van der Waals surface area contributed by atoms with Crippen molar-refractivity contribution in [2.45, 2.75) is 6.92 Å². The van der Waals surface area contributed by atoms with Crippen molar-refractivity contribution in [3.05, 3.63) is 0 Å². The Morgan fingerprint density at radius 3 is 1.64 bits per heavy atom. The third-order valence-electron chi connectivity index (χ3n) is 0.782. The molecule has 0 aliphatic heterocycles. The summed E-state index contributed by atoms with van der Waals surface area (Å²) in [5, 5.41) is 0. The van der Waals surface area contributed by atoms with E-state index in [1.165, 1.54) is 14.1 Å². The first kappa shape index (κ1) is 16.5. The van der Waals surface area contributed by atoms with E-state index >= 15 is 0 Å². The maximum Gasteiger partial charge on any atom is 0.206 e. The van der Waals surface area contributed by atoms with E-state index in [2.05, 4.69) is 32.7 Å². The van der Waals surface area contributed by atoms with Gasteiger partial charge in [-0.2, -0.15) is 0 Å². The van der Waals surface area contributed by atoms with Crippen LogP contribution in [0.15, 0.2) is 0 Å². The highest BCUT2D eigenvalue weighted by molar-refractivity contribution is 7.48. The van der Waals surface area contributed by atoms with Gasteiger partial charge in [-0.25, -0.2) is 4.67 Å². The second-order valence-electron chi connectivity index (χ2n) is 4.42. The van der Waals surface area contributed by atoms with Crippen LogP contribution in [0.3, 0.4) is 0 Å². The minimum atomic E-state index is -3.68. The van der Waals surface area contributed by atoms with Crippen molar-refractivity contribution >= 4 is 7.75 Å². The van der Waals surface area contributed by atoms with Gasteiger partial charge < -0.3 is 13.9 Å². The molecule has 5 nitrogen and oxygen atoms in total. The van der Waals surface area contributed by atoms with Crippen molar-refractivity contribution in [1.29, 1.82) is 0 Å². The monoisotopic (exact) mass is 226 g/mol. The lowest BCUT2D eigenvalue weighted by atomic mass is 10.8. The Morgan fingerprint density at radius 1 is 1.29 bits per heavy atom. The third-order valence-corrected chi connectivity index (χ3v) is 2.35. The number of rotatable bonds is 3. The van der Waals surface area contributed by atoms with Gasteiger partial charge in [0.1, 0.15) is 0 Å². The molecule has 14 heavy (non-hydrogen) atoms. The van der Waals surface area contributed by atoms with E-state index in [0.717, 1.165) is 9.15 Å². The first-order valence-electron chi connectivity index (χ1n) is 4.43. The average molecular weight is 226 g/mol. The van der Waals surface area contributed by atoms with Crippen LogP contribution in [0, 0.1) is 0 Å². The topological polar surface area (TPSA) is 52.6 Å². The van der Waals surface area contributed by atoms with Crippen LogP contribution in [0.2, 0.25) is 0 Å². The van der Waals surface area contributed by atoms with E-state index < -0.39 is 7.75 Å². The van der Waals surface area contributed by atoms with E-state index in [-0.39, 0.29) is 6.61 Å². The first-order chi connectivity index (χ1) is 6.00. The van der Waals surface area contributed by atoms with Crippen LogP contribution in [-0.2, 0) is 9.09 Å². The fourth-order valence-electron chi connectivity index (χ4n) is 0.279. The van der Waals surface area contributed by atoms with Crippen molar-refractivity contribution in [3.63, 3.8) is 0 Å². The van der Waals surface area contributed by atoms with Crippen molar-refractivity contribution < 1.29 is 18.5 Å². The van der Waals surface area contributed by atoms with Crippen molar-refractivity contribution in [3.8, 4) is 0 Å². The Morgan fingerprint density at radius 2 is 1.57 bits per heavy atom. The molecule has 0 aliphatic carbocycles. The second kappa shape index (κ2) is 6.53. The smallest absolute Gasteiger partial charge is 0.206 e. The van der Waals surface area contributed by atoms with Gasteiger partial charge in [0.25, 0.3) is 0 Å². The molecule has 0 spiro atoms. The third kappa shape index (κ3) is 14.6. The van der Waals surface area contributed by atoms with Gasteiger partial charge in [0.2, 0.25) is 7.75 Å². The Balaban J connectivity index is 0. The largest absolute Gasteiger partial charge is 0.766 e. The van der Waals surface area contributed by atoms with Gasteiger partial charge in [-0.05, 0) is 21.0 Å². The Bertz CT molecular complexity index is 184. The molecular weight excluding hydrogens is 203 g/mol. The molecule has 0 rings (SSSR count). The van der Waals surface area contributed by atoms with Crippen LogP contribution < -0.4 is 4.89 Å². The predicted octanol–water partition coefficient (Wildman–Crippen LogP) is 0.375. The molecule has 1 unspecified atom stereocenters. The molecule has 0 N–H and O–H groups in total. The molecule has 0 fully saturated rings. The van der Waals surface area contributed by atoms with E-state index in [1.807, 2.05) is 0 Å². The van der Waals surface area contributed by atoms with E-state index in [9.17, 15) is 9.46 Å². The summed E-state index contributed by atoms with van der Waals surface area (Å²) in [5.41, 5.74) is 0. The van der Waals surface area contributed by atoms with Crippen LogP contribution in [0.5, 0.6) is 0 Å². The van der Waals surface area contributed by atoms with E-state index in [0.29, 0.717) is 0 Å². The summed E-state index contributed by atoms with van der Waals surface area (Å²) >= 11 is 0. The highest BCUT2D eigenvalue weighted by Gasteiger charge is 2.08. The zero-order chi connectivity index (χ0) is 12.0. The van der Waals surface area contributed by atoms with Crippen LogP contribution >= 0.6 is 7.75 Å². The van der Waals surface area contributed by atoms with E-state index in [4.69, 9.17) is 0 Å². The molecule has 88 valence electrons. The van der Waals surface area contributed by atoms with Gasteiger partial charge in [-0.3, -0.25) is 4.57 Å². The number of quaternary nitrogens is 1. The van der Waals surface area contributed by atoms with Crippen molar-refractivity contribution in [2.24, 2.45) is 0 Å². The van der Waals surface area contributed by atoms with Crippen molar-refractivity contribution in [2.75, 3.05) is 48.9 Å². The fraction of sp³-hybridized carbons (Fsp3) is 1.00. The van der Waals surface area contributed by atoms with Crippen molar-refractivity contribution in [1.82, 2.24) is 4.67 Å². The summed E-state index contributed by atoms with van der Waals surface area (Å²) in [6.07, 6.45) is 0. The fourth-order valence-corrected chi connectivity index (χ4v) is 0.836. The average Bonchev–Trinajstić information content (AvgIpc) is 1.82. The molecule has 0 saturated heterocycles. The summed E-state index contributed by atoms with van der Waals surface area (Å²) in [7, 11) is 7.69. The molecule has 0 aromatic carbocycles. The molecule has 0 saturated carbocycles. The maximum atomic E-state index is 10.7. The van der Waals surface area contributed by atoms with Crippen LogP contribution in [-0.4, -0.2) is 58.0 Å². The van der Waals surface area contributed by atoms with Gasteiger partial charge >= 0.3 is 0 Å². The minimum Gasteiger partial charge on any atom is -0.766 e. The lowest BCUT2D eigenvalue weighted by Gasteiger charge is -2.28. The number of hydrogen-bond donors (Lipinski definition) is 0. The highest BCUT2D eigenvalue weighted by atomic mass is 31.2. The molecule has 1 atom stereocenters. The Hall–Kier alpha value is 0.0700. The summed E-state index contributed by atoms with van der Waals surface area (Å²) < 4.78 is 17.1. The highest BCUT2D eigenvalue weighted by Crippen LogP contribution is 2.38. The maximum absolute atomic E-state index is 10.7. The van der Waals surface area contributed by atoms with Gasteiger partial charge in [0.15, 0.2) is 0 Å². The zero-order valence-electron chi connectivity index (χ0n) is 10.3. The lowest BCUT2D eigenvalue weighted by molar-refractivity contribution is -0.849. The molecular formula is C8H23N2O3P. The normalized spacial score (nSPS) is 15.8. The molecule has 0 aromatic rings. The Kier molecular flexibility index (Phi) is 7.70. The zero-order valence-corrected chi connectivity index (χ0v) is 11.2. The van der Waals surface area contributed by atoms with Crippen LogP contribution in [0.25, 0.3) is 0 Å². The standard InChI is InChI=1S/C4H12NO3P.C4H12N/c1-4-8-9(6,7)5(2)3;1-5(2,3)4/h4H2,1-3H3,(H,6,7);1-4H3/q;+1/p-1. The lowest BCUT2D eigenvalue weighted by Crippen LogP contribution is -2.27. The summed E-state index contributed by atoms with van der Waals surface area (Å²) in [6.45, 7) is 1.83. The summed E-state index contributed by atoms with van der Waals surface area (Å²) in [5.74, 6) is 0. The van der Waals surface area contributed by atoms with Gasteiger partial charge in [0.05, 0.1) is 34.8 Å². The SMILES string of the molecule is CCOP(=O)([O-])N(C)C.C[N+](C)(C)C. The summed E-state index contributed by atoms with van der Waals surface area (Å²) in [6, 6.07) is 0. The molecule has 0 aliphatic rings. The molecule has 6 heteroatoms. The van der Waals surface area contributed by atoms with Gasteiger partial charge in [0, 0.05) is 0 Å². The van der Waals surface area contributed by atoms with Gasteiger partial charge in [-0.15, -0.1) is 0 Å². The predicted molar refractivity (Wildman–Crippen MR) is 56.9 cm³/mol. The second-order valence-corrected chi connectivity index (χ2v) is 6.41. The minimum absolute atomic E-state index is 0.193. The van der Waals surface area contributed by atoms with Gasteiger partial charge in [-0.1, -0.05) is 0 Å². The number of nitrogens with zero attached hydrogens (tertiary/aromatic N) is 2. The quantitative estimate of drug-likeness (QED) is 0.515. The van der Waals surface area contributed by atoms with Crippen LogP contribution in [0.4, 0.5) is 0 Å². The number of hydrogen-bond acceptors (Lipinski definition) is 3. The first-order valence-corrected chi connectivity index (χ1v) is 5.92. The molecule has 0 bridgehead atoms. The summed E-state index contributed by atoms with van der Waals surface area (Å²) in [4.78, 5) is 10.7. The molecule has 0 radical (unpaired) electrons. The molecule has 0 aromatic heterocycles. The Labute approximate surface area is 87.5 Å². The molecule has 0 amide bonds. The van der Waals surface area contributed by atoms with Crippen LogP contribution in [0.1, 0.15) is 6.92 Å². The van der Waals surface area contributed by atoms with E-state index in [1.54, 1.807) is 6.92 Å². The molecule has 0 heterocycles.